The predicted octanol–water partition coefficient (Wildman–Crippen LogP) is 14.2. The van der Waals surface area contributed by atoms with Crippen LogP contribution < -0.4 is 0 Å². The van der Waals surface area contributed by atoms with Gasteiger partial charge in [0.2, 0.25) is 0 Å². The molecule has 0 spiro atoms. The van der Waals surface area contributed by atoms with E-state index in [1.807, 2.05) is 24.3 Å². The topological polar surface area (TPSA) is 48.8 Å². The fourth-order valence-corrected chi connectivity index (χ4v) is 9.40. The van der Waals surface area contributed by atoms with E-state index in [-0.39, 0.29) is 0 Å². The summed E-state index contributed by atoms with van der Waals surface area (Å²) in [7, 11) is 0. The van der Waals surface area contributed by atoms with Crippen molar-refractivity contribution in [3.63, 3.8) is 0 Å². The quantitative estimate of drug-likeness (QED) is 0.180. The molecule has 5 nitrogen and oxygen atoms in total. The van der Waals surface area contributed by atoms with Crippen molar-refractivity contribution in [2.75, 3.05) is 0 Å². The SMILES string of the molecule is c1cc(-c2nc(-c3ccc4c(c3)oc3ccccc34)c3ccccc3n2)cc(-n2c3ccccc3c3cc4ccc(-n5c6ccccc6c6ccccc65)cc4cc32)c1. The third-order valence-corrected chi connectivity index (χ3v) is 12.1. The second kappa shape index (κ2) is 12.2. The first-order valence-electron chi connectivity index (χ1n) is 20.0. The molecule has 0 unspecified atom stereocenters. The molecule has 0 radical (unpaired) electrons. The monoisotopic (exact) mass is 752 g/mol. The van der Waals surface area contributed by atoms with E-state index < -0.39 is 0 Å². The molecule has 13 aromatic rings. The largest absolute Gasteiger partial charge is 0.456 e. The van der Waals surface area contributed by atoms with E-state index in [2.05, 4.69) is 179 Å². The number of fused-ring (bicyclic) bond motifs is 11. The van der Waals surface area contributed by atoms with Gasteiger partial charge in [-0.15, -0.1) is 0 Å². The van der Waals surface area contributed by atoms with E-state index in [1.165, 1.54) is 43.4 Å². The maximum atomic E-state index is 6.31. The molecule has 0 aliphatic carbocycles. The summed E-state index contributed by atoms with van der Waals surface area (Å²) < 4.78 is 11.1. The van der Waals surface area contributed by atoms with Crippen molar-refractivity contribution in [1.82, 2.24) is 19.1 Å². The number of nitrogens with zero attached hydrogens (tertiary/aromatic N) is 4. The molecule has 4 aromatic heterocycles. The van der Waals surface area contributed by atoms with Gasteiger partial charge in [0, 0.05) is 60.2 Å². The third kappa shape index (κ3) is 4.79. The van der Waals surface area contributed by atoms with Gasteiger partial charge >= 0.3 is 0 Å². The minimum absolute atomic E-state index is 0.673. The molecule has 0 saturated carbocycles. The minimum Gasteiger partial charge on any atom is -0.456 e. The van der Waals surface area contributed by atoms with Crippen LogP contribution in [-0.2, 0) is 0 Å². The van der Waals surface area contributed by atoms with Gasteiger partial charge in [0.1, 0.15) is 11.2 Å². The Morgan fingerprint density at radius 3 is 1.75 bits per heavy atom. The Kier molecular flexibility index (Phi) is 6.66. The molecular formula is C54H32N4O. The number of furan rings is 1. The fraction of sp³-hybridized carbons (Fsp3) is 0. The van der Waals surface area contributed by atoms with Crippen LogP contribution in [0.5, 0.6) is 0 Å². The summed E-state index contributed by atoms with van der Waals surface area (Å²) in [6, 6.07) is 69.1. The first-order valence-corrected chi connectivity index (χ1v) is 20.0. The Labute approximate surface area is 337 Å². The normalized spacial score (nSPS) is 12.1. The lowest BCUT2D eigenvalue weighted by molar-refractivity contribution is 0.669. The number of benzene rings is 9. The Morgan fingerprint density at radius 1 is 0.339 bits per heavy atom. The Balaban J connectivity index is 0.986. The van der Waals surface area contributed by atoms with E-state index in [0.717, 1.165) is 72.1 Å². The van der Waals surface area contributed by atoms with Crippen LogP contribution in [-0.4, -0.2) is 19.1 Å². The van der Waals surface area contributed by atoms with Crippen molar-refractivity contribution in [1.29, 1.82) is 0 Å². The van der Waals surface area contributed by atoms with Gasteiger partial charge < -0.3 is 13.6 Å². The van der Waals surface area contributed by atoms with Crippen LogP contribution in [0.1, 0.15) is 0 Å². The average molecular weight is 753 g/mol. The molecule has 274 valence electrons. The van der Waals surface area contributed by atoms with Crippen LogP contribution in [0.4, 0.5) is 0 Å². The van der Waals surface area contributed by atoms with Crippen molar-refractivity contribution in [2.24, 2.45) is 0 Å². The highest BCUT2D eigenvalue weighted by atomic mass is 16.3. The summed E-state index contributed by atoms with van der Waals surface area (Å²) in [5.41, 5.74) is 12.3. The predicted molar refractivity (Wildman–Crippen MR) is 244 cm³/mol. The van der Waals surface area contributed by atoms with Gasteiger partial charge in [-0.1, -0.05) is 115 Å². The van der Waals surface area contributed by atoms with Gasteiger partial charge in [-0.3, -0.25) is 0 Å². The molecule has 0 saturated heterocycles. The van der Waals surface area contributed by atoms with E-state index in [9.17, 15) is 0 Å². The zero-order valence-corrected chi connectivity index (χ0v) is 31.7. The lowest BCUT2D eigenvalue weighted by Gasteiger charge is -2.13. The Morgan fingerprint density at radius 2 is 0.966 bits per heavy atom. The summed E-state index contributed by atoms with van der Waals surface area (Å²) in [5.74, 6) is 0.673. The highest BCUT2D eigenvalue weighted by Crippen LogP contribution is 2.39. The van der Waals surface area contributed by atoms with Gasteiger partial charge in [0.25, 0.3) is 0 Å². The van der Waals surface area contributed by atoms with E-state index in [0.29, 0.717) is 5.82 Å². The van der Waals surface area contributed by atoms with Gasteiger partial charge in [0.05, 0.1) is 33.3 Å². The van der Waals surface area contributed by atoms with Crippen molar-refractivity contribution >= 4 is 87.2 Å². The van der Waals surface area contributed by atoms with E-state index in [4.69, 9.17) is 14.4 Å². The zero-order valence-electron chi connectivity index (χ0n) is 31.7. The number of rotatable bonds is 4. The highest BCUT2D eigenvalue weighted by molar-refractivity contribution is 6.14. The second-order valence-electron chi connectivity index (χ2n) is 15.4. The molecule has 9 aromatic carbocycles. The lowest BCUT2D eigenvalue weighted by atomic mass is 10.0. The second-order valence-corrected chi connectivity index (χ2v) is 15.4. The standard InChI is InChI=1S/C54H32N4O/c1-6-19-46-44(18-1)53(34-25-27-43-42-17-5-10-23-51(42)59-52(43)32-34)56-54(55-46)35-12-11-13-37(28-35)58-49-22-9-4-16-41(49)45-30-33-24-26-38(29-36(33)31-50(45)58)57-47-20-7-2-14-39(47)40-15-3-8-21-48(40)57/h1-32H. The van der Waals surface area contributed by atoms with Crippen LogP contribution >= 0.6 is 0 Å². The number of aromatic nitrogens is 4. The van der Waals surface area contributed by atoms with Crippen molar-refractivity contribution in [2.45, 2.75) is 0 Å². The van der Waals surface area contributed by atoms with Crippen LogP contribution in [0.3, 0.4) is 0 Å². The molecule has 59 heavy (non-hydrogen) atoms. The third-order valence-electron chi connectivity index (χ3n) is 12.1. The molecule has 0 aliphatic rings. The minimum atomic E-state index is 0.673. The zero-order chi connectivity index (χ0) is 38.6. The van der Waals surface area contributed by atoms with Crippen molar-refractivity contribution in [3.05, 3.63) is 194 Å². The van der Waals surface area contributed by atoms with Gasteiger partial charge in [-0.2, -0.15) is 0 Å². The first kappa shape index (κ1) is 32.1. The van der Waals surface area contributed by atoms with Gasteiger partial charge in [-0.25, -0.2) is 9.97 Å². The number of hydrogen-bond acceptors (Lipinski definition) is 3. The summed E-state index contributed by atoms with van der Waals surface area (Å²) in [6.07, 6.45) is 0. The average Bonchev–Trinajstić information content (AvgIpc) is 3.95. The van der Waals surface area contributed by atoms with Crippen LogP contribution in [0.25, 0.3) is 121 Å². The van der Waals surface area contributed by atoms with E-state index in [1.54, 1.807) is 0 Å². The molecule has 13 rings (SSSR count). The molecule has 0 fully saturated rings. The van der Waals surface area contributed by atoms with Crippen molar-refractivity contribution in [3.8, 4) is 34.0 Å². The summed E-state index contributed by atoms with van der Waals surface area (Å²) in [6.45, 7) is 0. The summed E-state index contributed by atoms with van der Waals surface area (Å²) >= 11 is 0. The maximum Gasteiger partial charge on any atom is 0.160 e. The molecule has 5 heteroatoms. The molecule has 0 aliphatic heterocycles. The smallest absolute Gasteiger partial charge is 0.160 e. The summed E-state index contributed by atoms with van der Waals surface area (Å²) in [4.78, 5) is 10.5. The van der Waals surface area contributed by atoms with Crippen LogP contribution in [0.2, 0.25) is 0 Å². The molecule has 0 amide bonds. The number of hydrogen-bond donors (Lipinski definition) is 0. The van der Waals surface area contributed by atoms with Crippen molar-refractivity contribution < 1.29 is 4.42 Å². The summed E-state index contributed by atoms with van der Waals surface area (Å²) in [5, 5.41) is 10.5. The molecule has 0 atom stereocenters. The molecule has 0 bridgehead atoms. The Hall–Kier alpha value is -8.02. The van der Waals surface area contributed by atoms with Gasteiger partial charge in [0.15, 0.2) is 5.82 Å². The Bertz CT molecular complexity index is 3810. The lowest BCUT2D eigenvalue weighted by Crippen LogP contribution is -1.98. The highest BCUT2D eigenvalue weighted by Gasteiger charge is 2.18. The van der Waals surface area contributed by atoms with Crippen LogP contribution in [0.15, 0.2) is 199 Å². The molecular weight excluding hydrogens is 721 g/mol. The van der Waals surface area contributed by atoms with Crippen LogP contribution in [0, 0.1) is 0 Å². The molecule has 4 heterocycles. The first-order chi connectivity index (χ1) is 29.2. The maximum absolute atomic E-state index is 6.31. The van der Waals surface area contributed by atoms with Gasteiger partial charge in [-0.05, 0) is 89.6 Å². The fourth-order valence-electron chi connectivity index (χ4n) is 9.40. The van der Waals surface area contributed by atoms with E-state index >= 15 is 0 Å². The number of para-hydroxylation sites is 5. The molecule has 0 N–H and O–H groups in total.